The molecule has 2 aromatic rings. The van der Waals surface area contributed by atoms with Crippen LogP contribution in [0.3, 0.4) is 0 Å². The molecule has 1 aromatic heterocycles. The van der Waals surface area contributed by atoms with Crippen LogP contribution in [0.15, 0.2) is 44.5 Å². The average molecular weight is 353 g/mol. The van der Waals surface area contributed by atoms with E-state index in [2.05, 4.69) is 26.5 Å². The molecule has 1 heterocycles. The van der Waals surface area contributed by atoms with Gasteiger partial charge < -0.3 is 13.9 Å². The first kappa shape index (κ1) is 15.1. The van der Waals surface area contributed by atoms with Crippen molar-refractivity contribution in [2.75, 3.05) is 14.2 Å². The van der Waals surface area contributed by atoms with E-state index < -0.39 is 5.91 Å². The predicted molar refractivity (Wildman–Crippen MR) is 81.0 cm³/mol. The van der Waals surface area contributed by atoms with Crippen LogP contribution in [0.2, 0.25) is 0 Å². The summed E-state index contributed by atoms with van der Waals surface area (Å²) in [7, 11) is 3.10. The Morgan fingerprint density at radius 1 is 1.33 bits per heavy atom. The van der Waals surface area contributed by atoms with Crippen LogP contribution in [0.4, 0.5) is 0 Å². The first-order valence-corrected chi connectivity index (χ1v) is 6.73. The highest BCUT2D eigenvalue weighted by Gasteiger charge is 2.09. The molecule has 1 aromatic carbocycles. The second-order valence-corrected chi connectivity index (χ2v) is 4.76. The molecule has 6 nitrogen and oxygen atoms in total. The third-order valence-electron chi connectivity index (χ3n) is 2.62. The van der Waals surface area contributed by atoms with E-state index in [0.717, 1.165) is 10.0 Å². The number of hydrazone groups is 1. The minimum atomic E-state index is -0.423. The van der Waals surface area contributed by atoms with Gasteiger partial charge in [-0.05, 0) is 40.2 Å². The summed E-state index contributed by atoms with van der Waals surface area (Å²) in [5, 5.41) is 3.88. The number of hydrogen-bond donors (Lipinski definition) is 1. The lowest BCUT2D eigenvalue weighted by molar-refractivity contribution is 0.0927. The Bertz CT molecular complexity index is 653. The van der Waals surface area contributed by atoms with E-state index in [4.69, 9.17) is 13.9 Å². The summed E-state index contributed by atoms with van der Waals surface area (Å²) in [4.78, 5) is 11.6. The van der Waals surface area contributed by atoms with E-state index >= 15 is 0 Å². The van der Waals surface area contributed by atoms with Crippen LogP contribution in [-0.4, -0.2) is 26.3 Å². The number of nitrogens with zero attached hydrogens (tertiary/aromatic N) is 1. The molecule has 0 atom stereocenters. The first-order chi connectivity index (χ1) is 10.2. The van der Waals surface area contributed by atoms with E-state index in [0.29, 0.717) is 11.5 Å². The fourth-order valence-electron chi connectivity index (χ4n) is 1.59. The van der Waals surface area contributed by atoms with Crippen molar-refractivity contribution in [3.8, 4) is 11.5 Å². The zero-order valence-electron chi connectivity index (χ0n) is 11.4. The maximum absolute atomic E-state index is 11.6. The quantitative estimate of drug-likeness (QED) is 0.663. The van der Waals surface area contributed by atoms with Crippen LogP contribution in [0.1, 0.15) is 16.1 Å². The van der Waals surface area contributed by atoms with Crippen molar-refractivity contribution in [1.29, 1.82) is 0 Å². The largest absolute Gasteiger partial charge is 0.493 e. The smallest absolute Gasteiger partial charge is 0.307 e. The maximum atomic E-state index is 11.6. The van der Waals surface area contributed by atoms with Gasteiger partial charge in [0.2, 0.25) is 0 Å². The third-order valence-corrected chi connectivity index (χ3v) is 3.30. The van der Waals surface area contributed by atoms with Gasteiger partial charge in [-0.1, -0.05) is 0 Å². The Labute approximate surface area is 129 Å². The molecule has 1 N–H and O–H groups in total. The summed E-state index contributed by atoms with van der Waals surface area (Å²) in [6, 6.07) is 6.68. The van der Waals surface area contributed by atoms with Crippen molar-refractivity contribution in [3.05, 3.63) is 46.3 Å². The Hall–Kier alpha value is -2.28. The number of nitrogens with one attached hydrogen (secondary N) is 1. The molecule has 0 saturated carbocycles. The SMILES string of the molecule is COc1cc(Br)c(/C=N\NC(=O)c2ccco2)cc1OC. The van der Waals surface area contributed by atoms with Gasteiger partial charge in [-0.25, -0.2) is 5.43 Å². The van der Waals surface area contributed by atoms with E-state index in [1.165, 1.54) is 12.5 Å². The molecule has 0 aliphatic rings. The lowest BCUT2D eigenvalue weighted by Crippen LogP contribution is -2.16. The molecule has 7 heteroatoms. The number of benzene rings is 1. The average Bonchev–Trinajstić information content (AvgIpc) is 3.02. The van der Waals surface area contributed by atoms with E-state index in [-0.39, 0.29) is 5.76 Å². The van der Waals surface area contributed by atoms with Gasteiger partial charge in [0.05, 0.1) is 26.7 Å². The minimum Gasteiger partial charge on any atom is -0.493 e. The molecule has 0 saturated heterocycles. The lowest BCUT2D eigenvalue weighted by Gasteiger charge is -2.09. The number of carbonyl (C=O) groups excluding carboxylic acids is 1. The Balaban J connectivity index is 2.12. The highest BCUT2D eigenvalue weighted by molar-refractivity contribution is 9.10. The maximum Gasteiger partial charge on any atom is 0.307 e. The van der Waals surface area contributed by atoms with Crippen LogP contribution in [0.25, 0.3) is 0 Å². The molecule has 0 fully saturated rings. The first-order valence-electron chi connectivity index (χ1n) is 5.94. The Morgan fingerprint density at radius 3 is 2.67 bits per heavy atom. The number of ether oxygens (including phenoxy) is 2. The van der Waals surface area contributed by atoms with Gasteiger partial charge in [-0.2, -0.15) is 5.10 Å². The van der Waals surface area contributed by atoms with Gasteiger partial charge >= 0.3 is 5.91 Å². The molecule has 0 spiro atoms. The zero-order chi connectivity index (χ0) is 15.2. The van der Waals surface area contributed by atoms with Gasteiger partial charge in [0.15, 0.2) is 17.3 Å². The highest BCUT2D eigenvalue weighted by atomic mass is 79.9. The number of methoxy groups -OCH3 is 2. The van der Waals surface area contributed by atoms with Crippen molar-refractivity contribution >= 4 is 28.1 Å². The summed E-state index contributed by atoms with van der Waals surface area (Å²) < 4.78 is 16.1. The van der Waals surface area contributed by atoms with Crippen molar-refractivity contribution in [2.24, 2.45) is 5.10 Å². The Kier molecular flexibility index (Phi) is 4.99. The molecule has 21 heavy (non-hydrogen) atoms. The van der Waals surface area contributed by atoms with Gasteiger partial charge in [-0.15, -0.1) is 0 Å². The summed E-state index contributed by atoms with van der Waals surface area (Å²) >= 11 is 3.40. The van der Waals surface area contributed by atoms with Crippen molar-refractivity contribution in [3.63, 3.8) is 0 Å². The van der Waals surface area contributed by atoms with Gasteiger partial charge in [0.1, 0.15) is 0 Å². The standard InChI is InChI=1S/C14H13BrN2O4/c1-19-12-6-9(10(15)7-13(12)20-2)8-16-17-14(18)11-4-3-5-21-11/h3-8H,1-2H3,(H,17,18)/b16-8-. The predicted octanol–water partition coefficient (Wildman–Crippen LogP) is 2.82. The second kappa shape index (κ2) is 6.94. The number of rotatable bonds is 5. The molecule has 0 unspecified atom stereocenters. The molecule has 1 amide bonds. The van der Waals surface area contributed by atoms with Crippen LogP contribution < -0.4 is 14.9 Å². The number of halogens is 1. The van der Waals surface area contributed by atoms with E-state index in [1.807, 2.05) is 0 Å². The number of amides is 1. The molecule has 110 valence electrons. The molecule has 2 rings (SSSR count). The van der Waals surface area contributed by atoms with Gasteiger partial charge in [-0.3, -0.25) is 4.79 Å². The van der Waals surface area contributed by atoms with Crippen molar-refractivity contribution in [2.45, 2.75) is 0 Å². The van der Waals surface area contributed by atoms with Crippen LogP contribution in [-0.2, 0) is 0 Å². The highest BCUT2D eigenvalue weighted by Crippen LogP contribution is 2.32. The molecule has 0 radical (unpaired) electrons. The number of carbonyl (C=O) groups is 1. The fraction of sp³-hybridized carbons (Fsp3) is 0.143. The number of furan rings is 1. The zero-order valence-corrected chi connectivity index (χ0v) is 13.0. The normalized spacial score (nSPS) is 10.6. The van der Waals surface area contributed by atoms with E-state index in [1.54, 1.807) is 38.5 Å². The van der Waals surface area contributed by atoms with Gasteiger partial charge in [0, 0.05) is 10.0 Å². The molecule has 0 aliphatic carbocycles. The molecule has 0 aliphatic heterocycles. The lowest BCUT2D eigenvalue weighted by atomic mass is 10.2. The number of hydrogen-bond acceptors (Lipinski definition) is 5. The second-order valence-electron chi connectivity index (χ2n) is 3.91. The topological polar surface area (TPSA) is 73.1 Å². The molecule has 0 bridgehead atoms. The molecular weight excluding hydrogens is 340 g/mol. The molecular formula is C14H13BrN2O4. The van der Waals surface area contributed by atoms with Crippen molar-refractivity contribution < 1.29 is 18.7 Å². The fourth-order valence-corrected chi connectivity index (χ4v) is 2.02. The minimum absolute atomic E-state index is 0.193. The van der Waals surface area contributed by atoms with Crippen LogP contribution in [0, 0.1) is 0 Å². The van der Waals surface area contributed by atoms with Crippen molar-refractivity contribution in [1.82, 2.24) is 5.43 Å². The summed E-state index contributed by atoms with van der Waals surface area (Å²) in [6.45, 7) is 0. The monoisotopic (exact) mass is 352 g/mol. The van der Waals surface area contributed by atoms with Crippen LogP contribution in [0.5, 0.6) is 11.5 Å². The van der Waals surface area contributed by atoms with Crippen LogP contribution >= 0.6 is 15.9 Å². The summed E-state index contributed by atoms with van der Waals surface area (Å²) in [6.07, 6.45) is 2.91. The van der Waals surface area contributed by atoms with E-state index in [9.17, 15) is 4.79 Å². The summed E-state index contributed by atoms with van der Waals surface area (Å²) in [5.41, 5.74) is 3.10. The third kappa shape index (κ3) is 3.63. The van der Waals surface area contributed by atoms with Gasteiger partial charge in [0.25, 0.3) is 0 Å². The Morgan fingerprint density at radius 2 is 2.05 bits per heavy atom. The summed E-state index contributed by atoms with van der Waals surface area (Å²) in [5.74, 6) is 0.937.